The van der Waals surface area contributed by atoms with Crippen molar-refractivity contribution in [3.8, 4) is 11.4 Å². The quantitative estimate of drug-likeness (QED) is 0.194. The van der Waals surface area contributed by atoms with Gasteiger partial charge in [0.1, 0.15) is 11.2 Å². The molecule has 1 N–H and O–H groups in total. The van der Waals surface area contributed by atoms with Crippen molar-refractivity contribution >= 4 is 88.2 Å². The van der Waals surface area contributed by atoms with Crippen LogP contribution in [0.15, 0.2) is 180 Å². The van der Waals surface area contributed by atoms with Gasteiger partial charge in [-0.2, -0.15) is 0 Å². The van der Waals surface area contributed by atoms with Crippen LogP contribution in [0.2, 0.25) is 0 Å². The van der Waals surface area contributed by atoms with Crippen LogP contribution in [0.4, 0.5) is 5.69 Å². The largest absolute Gasteiger partial charge is 0.456 e. The molecule has 60 heavy (non-hydrogen) atoms. The van der Waals surface area contributed by atoms with E-state index >= 15 is 0 Å². The Morgan fingerprint density at radius 1 is 0.500 bits per heavy atom. The molecule has 11 aromatic rings. The predicted octanol–water partition coefficient (Wildman–Crippen LogP) is 13.9. The maximum Gasteiger partial charge on any atom is 0.135 e. The van der Waals surface area contributed by atoms with Crippen molar-refractivity contribution < 1.29 is 4.42 Å². The lowest BCUT2D eigenvalue weighted by Gasteiger charge is -2.39. The van der Waals surface area contributed by atoms with Crippen LogP contribution in [0.5, 0.6) is 0 Å². The summed E-state index contributed by atoms with van der Waals surface area (Å²) in [7, 11) is 0. The molecule has 3 aliphatic rings. The molecule has 5 heteroatoms. The molecule has 0 bridgehead atoms. The first-order chi connectivity index (χ1) is 29.7. The molecule has 0 fully saturated rings. The number of allylic oxidation sites excluding steroid dienone is 2. The summed E-state index contributed by atoms with van der Waals surface area (Å²) in [5.74, 6) is 0.610. The second-order valence-corrected chi connectivity index (χ2v) is 16.9. The number of nitrogens with zero attached hydrogens (tertiary/aromatic N) is 3. The fourth-order valence-corrected chi connectivity index (χ4v) is 11.4. The molecule has 1 aliphatic heterocycles. The summed E-state index contributed by atoms with van der Waals surface area (Å²) < 4.78 is 11.2. The van der Waals surface area contributed by atoms with E-state index in [1.807, 2.05) is 6.07 Å². The van der Waals surface area contributed by atoms with Crippen molar-refractivity contribution in [1.82, 2.24) is 14.1 Å². The van der Waals surface area contributed by atoms with Crippen LogP contribution in [0.1, 0.15) is 35.6 Å². The number of aromatic nitrogens is 3. The second-order valence-electron chi connectivity index (χ2n) is 16.9. The number of para-hydroxylation sites is 4. The van der Waals surface area contributed by atoms with Gasteiger partial charge in [0.15, 0.2) is 0 Å². The average Bonchev–Trinajstić information content (AvgIpc) is 4.09. The first-order valence-corrected chi connectivity index (χ1v) is 21.1. The highest BCUT2D eigenvalue weighted by molar-refractivity contribution is 6.16. The van der Waals surface area contributed by atoms with Crippen LogP contribution >= 0.6 is 0 Å². The highest BCUT2D eigenvalue weighted by atomic mass is 16.3. The number of benzene rings is 7. The van der Waals surface area contributed by atoms with Crippen LogP contribution in [0, 0.1) is 0 Å². The van der Waals surface area contributed by atoms with E-state index in [1.165, 1.54) is 77.0 Å². The Morgan fingerprint density at radius 3 is 2.00 bits per heavy atom. The van der Waals surface area contributed by atoms with E-state index in [-0.39, 0.29) is 12.0 Å². The Kier molecular flexibility index (Phi) is 6.38. The van der Waals surface area contributed by atoms with Gasteiger partial charge in [-0.15, -0.1) is 0 Å². The lowest BCUT2D eigenvalue weighted by molar-refractivity contribution is 0.552. The minimum absolute atomic E-state index is 0.205. The highest BCUT2D eigenvalue weighted by Gasteiger charge is 2.42. The fraction of sp³-hybridized carbons (Fsp3) is 0.0909. The minimum atomic E-state index is 0.205. The van der Waals surface area contributed by atoms with Gasteiger partial charge in [-0.05, 0) is 90.0 Å². The number of hydrogen-bond donors (Lipinski definition) is 1. The second kappa shape index (κ2) is 11.8. The summed E-state index contributed by atoms with van der Waals surface area (Å²) in [6, 6.07) is 54.0. The third kappa shape index (κ3) is 4.26. The maximum atomic E-state index is 6.32. The van der Waals surface area contributed by atoms with Gasteiger partial charge >= 0.3 is 0 Å². The lowest BCUT2D eigenvalue weighted by Crippen LogP contribution is -2.44. The molecule has 0 saturated carbocycles. The Morgan fingerprint density at radius 2 is 1.15 bits per heavy atom. The summed E-state index contributed by atoms with van der Waals surface area (Å²) >= 11 is 0. The van der Waals surface area contributed by atoms with Crippen molar-refractivity contribution in [2.45, 2.75) is 30.8 Å². The minimum Gasteiger partial charge on any atom is -0.456 e. The SMILES string of the molecule is CC1c2c([nH]c3cc4c5cc(-n6c7ccccc7c7ccccc76)ccc5n(-c5ccc6oc7ccccc7c6c5)c4cc23)C=CC1N1c2ccccc2C2C=CC=CC21. The summed E-state index contributed by atoms with van der Waals surface area (Å²) in [6.45, 7) is 2.42. The number of aromatic amines is 1. The molecule has 4 unspecified atom stereocenters. The van der Waals surface area contributed by atoms with Crippen molar-refractivity contribution in [1.29, 1.82) is 0 Å². The molecule has 4 aromatic heterocycles. The van der Waals surface area contributed by atoms with Gasteiger partial charge < -0.3 is 23.4 Å². The maximum absolute atomic E-state index is 6.32. The first-order valence-electron chi connectivity index (χ1n) is 21.1. The van der Waals surface area contributed by atoms with Gasteiger partial charge in [-0.25, -0.2) is 0 Å². The average molecular weight is 771 g/mol. The molecule has 7 aromatic carbocycles. The zero-order valence-corrected chi connectivity index (χ0v) is 32.9. The molecule has 5 nitrogen and oxygen atoms in total. The zero-order valence-electron chi connectivity index (χ0n) is 32.9. The summed E-state index contributed by atoms with van der Waals surface area (Å²) in [4.78, 5) is 6.59. The van der Waals surface area contributed by atoms with E-state index in [1.54, 1.807) is 0 Å². The Balaban J connectivity index is 1.01. The number of hydrogen-bond acceptors (Lipinski definition) is 2. The first kappa shape index (κ1) is 32.5. The predicted molar refractivity (Wildman–Crippen MR) is 249 cm³/mol. The number of fused-ring (bicyclic) bond motifs is 15. The number of H-pyrrole nitrogens is 1. The molecular weight excluding hydrogens is 733 g/mol. The topological polar surface area (TPSA) is 42.0 Å². The smallest absolute Gasteiger partial charge is 0.135 e. The molecule has 0 amide bonds. The van der Waals surface area contributed by atoms with Crippen molar-refractivity contribution in [2.75, 3.05) is 4.90 Å². The third-order valence-electron chi connectivity index (χ3n) is 13.9. The van der Waals surface area contributed by atoms with Gasteiger partial charge in [0.2, 0.25) is 0 Å². The Hall–Kier alpha value is -7.50. The Bertz CT molecular complexity index is 3680. The van der Waals surface area contributed by atoms with Crippen molar-refractivity contribution in [3.05, 3.63) is 193 Å². The van der Waals surface area contributed by atoms with Crippen LogP contribution < -0.4 is 4.90 Å². The highest BCUT2D eigenvalue weighted by Crippen LogP contribution is 2.50. The number of anilines is 1. The monoisotopic (exact) mass is 770 g/mol. The van der Waals surface area contributed by atoms with Gasteiger partial charge in [0, 0.05) is 77.8 Å². The Labute approximate surface area is 345 Å². The molecule has 5 heterocycles. The van der Waals surface area contributed by atoms with Crippen molar-refractivity contribution in [3.63, 3.8) is 0 Å². The zero-order chi connectivity index (χ0) is 39.2. The molecule has 284 valence electrons. The summed E-state index contributed by atoms with van der Waals surface area (Å²) in [5, 5.41) is 8.50. The summed E-state index contributed by atoms with van der Waals surface area (Å²) in [6.07, 6.45) is 14.0. The third-order valence-corrected chi connectivity index (χ3v) is 13.9. The molecule has 0 radical (unpaired) electrons. The van der Waals surface area contributed by atoms with E-state index in [0.717, 1.165) is 33.3 Å². The fourth-order valence-electron chi connectivity index (χ4n) is 11.4. The molecule has 4 atom stereocenters. The van der Waals surface area contributed by atoms with Crippen LogP contribution in [-0.2, 0) is 0 Å². The van der Waals surface area contributed by atoms with Crippen LogP contribution in [0.3, 0.4) is 0 Å². The number of furan rings is 1. The van der Waals surface area contributed by atoms with Gasteiger partial charge in [0.05, 0.1) is 34.2 Å². The van der Waals surface area contributed by atoms with Gasteiger partial charge in [-0.1, -0.05) is 110 Å². The molecule has 2 aliphatic carbocycles. The van der Waals surface area contributed by atoms with Crippen molar-refractivity contribution in [2.24, 2.45) is 0 Å². The van der Waals surface area contributed by atoms with Crippen LogP contribution in [-0.4, -0.2) is 26.2 Å². The van der Waals surface area contributed by atoms with E-state index < -0.39 is 0 Å². The van der Waals surface area contributed by atoms with E-state index in [4.69, 9.17) is 4.42 Å². The van der Waals surface area contributed by atoms with E-state index in [0.29, 0.717) is 12.0 Å². The lowest BCUT2D eigenvalue weighted by atomic mass is 9.84. The molecule has 14 rings (SSSR count). The molecule has 0 spiro atoms. The van der Waals surface area contributed by atoms with Crippen LogP contribution in [0.25, 0.3) is 93.9 Å². The summed E-state index contributed by atoms with van der Waals surface area (Å²) in [5.41, 5.74) is 15.4. The number of rotatable bonds is 3. The standard InChI is InChI=1S/C55H38N4O/c1-32-46(59-49-19-9-4-14-37(49)38-15-5-10-20-50(38)59)26-24-44-55(32)43-31-52-41(30-45(43)56-44)40-28-33(57-47-17-7-2-12-35(47)36-13-3-8-18-48(36)57)22-25-51(40)58(52)34-23-27-54-42(29-34)39-16-6-11-21-53(39)60-54/h2-32,37,46,49,56H,1H3. The van der Waals surface area contributed by atoms with Gasteiger partial charge in [-0.3, -0.25) is 0 Å². The number of nitrogens with one attached hydrogen (secondary N) is 1. The van der Waals surface area contributed by atoms with E-state index in [9.17, 15) is 0 Å². The molecular formula is C55H38N4O. The van der Waals surface area contributed by atoms with Gasteiger partial charge in [0.25, 0.3) is 0 Å². The molecule has 0 saturated heterocycles. The normalized spacial score (nSPS) is 19.5. The van der Waals surface area contributed by atoms with E-state index in [2.05, 4.69) is 202 Å².